The van der Waals surface area contributed by atoms with Crippen LogP contribution in [0.2, 0.25) is 0 Å². The number of hydrogen-bond donors (Lipinski definition) is 0. The van der Waals surface area contributed by atoms with Crippen molar-refractivity contribution >= 4 is 21.7 Å². The van der Waals surface area contributed by atoms with Gasteiger partial charge in [0.2, 0.25) is 10.0 Å². The first-order chi connectivity index (χ1) is 15.3. The highest BCUT2D eigenvalue weighted by molar-refractivity contribution is 7.89. The molecule has 3 aromatic rings. The van der Waals surface area contributed by atoms with Crippen molar-refractivity contribution in [2.24, 2.45) is 0 Å². The van der Waals surface area contributed by atoms with Gasteiger partial charge >= 0.3 is 0 Å². The molecule has 1 aliphatic heterocycles. The van der Waals surface area contributed by atoms with Crippen molar-refractivity contribution in [3.63, 3.8) is 0 Å². The molecular formula is C21H25N7O3S. The molecule has 4 rings (SSSR count). The molecule has 0 bridgehead atoms. The number of carbonyl (C=O) groups excluding carboxylic acids is 1. The number of nitrogens with zero attached hydrogens (tertiary/aromatic N) is 7. The van der Waals surface area contributed by atoms with Crippen LogP contribution < -0.4 is 4.90 Å². The molecule has 1 aliphatic rings. The van der Waals surface area contributed by atoms with Gasteiger partial charge < -0.3 is 9.80 Å². The van der Waals surface area contributed by atoms with Crippen LogP contribution in [0.5, 0.6) is 0 Å². The summed E-state index contributed by atoms with van der Waals surface area (Å²) in [5, 5.41) is 8.63. The van der Waals surface area contributed by atoms with Gasteiger partial charge in [0.25, 0.3) is 5.91 Å². The van der Waals surface area contributed by atoms with Gasteiger partial charge in [-0.1, -0.05) is 0 Å². The second kappa shape index (κ2) is 8.67. The zero-order valence-electron chi connectivity index (χ0n) is 18.2. The minimum Gasteiger partial charge on any atom is -0.352 e. The Morgan fingerprint density at radius 3 is 2.09 bits per heavy atom. The van der Waals surface area contributed by atoms with Crippen LogP contribution in [0.4, 0.5) is 5.82 Å². The van der Waals surface area contributed by atoms with Crippen molar-refractivity contribution in [3.8, 4) is 5.82 Å². The zero-order chi connectivity index (χ0) is 22.9. The lowest BCUT2D eigenvalue weighted by Gasteiger charge is -2.35. The monoisotopic (exact) mass is 455 g/mol. The molecule has 0 aliphatic carbocycles. The predicted molar refractivity (Wildman–Crippen MR) is 119 cm³/mol. The number of rotatable bonds is 5. The summed E-state index contributed by atoms with van der Waals surface area (Å²) in [5.41, 5.74) is 0.469. The molecule has 0 saturated carbocycles. The van der Waals surface area contributed by atoms with Crippen LogP contribution in [0.1, 0.15) is 16.2 Å². The van der Waals surface area contributed by atoms with E-state index in [1.807, 2.05) is 29.8 Å². The fraction of sp³-hybridized carbons (Fsp3) is 0.333. The van der Waals surface area contributed by atoms with Crippen molar-refractivity contribution in [2.75, 3.05) is 45.2 Å². The molecule has 0 atom stereocenters. The summed E-state index contributed by atoms with van der Waals surface area (Å²) in [6.45, 7) is 4.26. The largest absolute Gasteiger partial charge is 0.352 e. The van der Waals surface area contributed by atoms with Crippen molar-refractivity contribution in [1.29, 1.82) is 0 Å². The number of piperazine rings is 1. The summed E-state index contributed by atoms with van der Waals surface area (Å²) in [5.74, 6) is 2.19. The van der Waals surface area contributed by atoms with Crippen molar-refractivity contribution < 1.29 is 13.2 Å². The van der Waals surface area contributed by atoms with Crippen LogP contribution >= 0.6 is 0 Å². The maximum absolute atomic E-state index is 12.9. The Labute approximate surface area is 187 Å². The number of amides is 1. The van der Waals surface area contributed by atoms with Gasteiger partial charge in [-0.15, -0.1) is 10.2 Å². The van der Waals surface area contributed by atoms with Gasteiger partial charge in [-0.05, 0) is 43.3 Å². The number of aromatic nitrogens is 4. The van der Waals surface area contributed by atoms with E-state index in [9.17, 15) is 13.2 Å². The van der Waals surface area contributed by atoms with Crippen LogP contribution in [-0.2, 0) is 10.0 Å². The van der Waals surface area contributed by atoms with E-state index in [2.05, 4.69) is 20.1 Å². The Morgan fingerprint density at radius 1 is 0.938 bits per heavy atom. The van der Waals surface area contributed by atoms with E-state index in [-0.39, 0.29) is 10.8 Å². The van der Waals surface area contributed by atoms with E-state index in [1.54, 1.807) is 23.2 Å². The Balaban J connectivity index is 1.38. The fourth-order valence-corrected chi connectivity index (χ4v) is 4.44. The number of carbonyl (C=O) groups is 1. The topological polar surface area (TPSA) is 105 Å². The van der Waals surface area contributed by atoms with Crippen molar-refractivity contribution in [2.45, 2.75) is 11.8 Å². The second-order valence-electron chi connectivity index (χ2n) is 7.69. The number of aryl methyl sites for hydroxylation is 1. The van der Waals surface area contributed by atoms with Gasteiger partial charge in [0.1, 0.15) is 5.82 Å². The van der Waals surface area contributed by atoms with E-state index in [0.717, 1.165) is 15.9 Å². The number of hydrogen-bond acceptors (Lipinski definition) is 7. The van der Waals surface area contributed by atoms with Gasteiger partial charge in [-0.3, -0.25) is 9.36 Å². The van der Waals surface area contributed by atoms with Crippen molar-refractivity contribution in [3.05, 3.63) is 60.2 Å². The van der Waals surface area contributed by atoms with Crippen LogP contribution in [-0.4, -0.2) is 83.6 Å². The first-order valence-electron chi connectivity index (χ1n) is 10.2. The van der Waals surface area contributed by atoms with Gasteiger partial charge in [-0.2, -0.15) is 0 Å². The third-order valence-corrected chi connectivity index (χ3v) is 7.31. The third-order valence-electron chi connectivity index (χ3n) is 5.48. The molecule has 3 heterocycles. The number of benzene rings is 1. The Bertz CT molecular complexity index is 1200. The summed E-state index contributed by atoms with van der Waals surface area (Å²) in [6, 6.07) is 9.89. The Kier molecular flexibility index (Phi) is 5.94. The lowest BCUT2D eigenvalue weighted by Crippen LogP contribution is -2.49. The van der Waals surface area contributed by atoms with Crippen LogP contribution in [0.25, 0.3) is 5.82 Å². The molecule has 2 aromatic heterocycles. The van der Waals surface area contributed by atoms with E-state index in [0.29, 0.717) is 37.6 Å². The zero-order valence-corrected chi connectivity index (χ0v) is 19.0. The maximum atomic E-state index is 12.9. The minimum absolute atomic E-state index is 0.115. The molecule has 0 spiro atoms. The van der Waals surface area contributed by atoms with E-state index in [4.69, 9.17) is 0 Å². The van der Waals surface area contributed by atoms with E-state index >= 15 is 0 Å². The molecule has 0 N–H and O–H groups in total. The highest BCUT2D eigenvalue weighted by atomic mass is 32.2. The van der Waals surface area contributed by atoms with Gasteiger partial charge in [0, 0.05) is 58.2 Å². The van der Waals surface area contributed by atoms with Gasteiger partial charge in [-0.25, -0.2) is 17.7 Å². The summed E-state index contributed by atoms with van der Waals surface area (Å²) < 4.78 is 27.4. The first-order valence-corrected chi connectivity index (χ1v) is 11.6. The lowest BCUT2D eigenvalue weighted by molar-refractivity contribution is 0.0746. The first kappa shape index (κ1) is 21.9. The molecule has 1 fully saturated rings. The minimum atomic E-state index is -3.52. The standard InChI is InChI=1S/C21H25N7O3S/c1-16-22-10-11-28(16)20-9-8-19(23-24-20)26-12-14-27(15-13-26)21(29)17-4-6-18(7-5-17)32(30,31)25(2)3/h4-11H,12-15H2,1-3H3. The SMILES string of the molecule is Cc1nccn1-c1ccc(N2CCN(C(=O)c3ccc(S(=O)(=O)N(C)C)cc3)CC2)nn1. The third kappa shape index (κ3) is 4.21. The molecule has 11 heteroatoms. The van der Waals surface area contributed by atoms with Gasteiger partial charge in [0.05, 0.1) is 4.90 Å². The van der Waals surface area contributed by atoms with E-state index in [1.165, 1.54) is 26.2 Å². The van der Waals surface area contributed by atoms with Gasteiger partial charge in [0.15, 0.2) is 11.6 Å². The quantitative estimate of drug-likeness (QED) is 0.569. The molecule has 168 valence electrons. The molecule has 32 heavy (non-hydrogen) atoms. The average molecular weight is 456 g/mol. The molecule has 1 amide bonds. The molecule has 0 unspecified atom stereocenters. The summed E-state index contributed by atoms with van der Waals surface area (Å²) in [6.07, 6.45) is 3.56. The average Bonchev–Trinajstić information content (AvgIpc) is 3.24. The number of anilines is 1. The highest BCUT2D eigenvalue weighted by Crippen LogP contribution is 2.18. The Hall–Kier alpha value is -3.31. The maximum Gasteiger partial charge on any atom is 0.253 e. The normalized spacial score (nSPS) is 14.8. The molecule has 10 nitrogen and oxygen atoms in total. The van der Waals surface area contributed by atoms with Crippen LogP contribution in [0.15, 0.2) is 53.7 Å². The van der Waals surface area contributed by atoms with Crippen LogP contribution in [0, 0.1) is 6.92 Å². The molecule has 1 aromatic carbocycles. The summed E-state index contributed by atoms with van der Waals surface area (Å²) in [4.78, 5) is 21.1. The van der Waals surface area contributed by atoms with Crippen molar-refractivity contribution in [1.82, 2.24) is 29.0 Å². The molecule has 0 radical (unpaired) electrons. The fourth-order valence-electron chi connectivity index (χ4n) is 3.54. The molecule has 1 saturated heterocycles. The van der Waals surface area contributed by atoms with E-state index < -0.39 is 10.0 Å². The highest BCUT2D eigenvalue weighted by Gasteiger charge is 2.24. The second-order valence-corrected chi connectivity index (χ2v) is 9.84. The summed E-state index contributed by atoms with van der Waals surface area (Å²) >= 11 is 0. The van der Waals surface area contributed by atoms with Crippen LogP contribution in [0.3, 0.4) is 0 Å². The number of imidazole rings is 1. The smallest absolute Gasteiger partial charge is 0.253 e. The predicted octanol–water partition coefficient (Wildman–Crippen LogP) is 1.18. The number of sulfonamides is 1. The molecular weight excluding hydrogens is 430 g/mol. The summed E-state index contributed by atoms with van der Waals surface area (Å²) in [7, 11) is -0.565. The Morgan fingerprint density at radius 2 is 1.56 bits per heavy atom. The lowest BCUT2D eigenvalue weighted by atomic mass is 10.2.